The Hall–Kier alpha value is -5.38. The molecule has 1 aliphatic rings. The van der Waals surface area contributed by atoms with Crippen LogP contribution in [-0.4, -0.2) is 57.4 Å². The first kappa shape index (κ1) is 32.6. The van der Waals surface area contributed by atoms with E-state index in [0.29, 0.717) is 52.6 Å². The molecule has 17 heteroatoms. The molecular formula is C31H27ClF3N9O4. The summed E-state index contributed by atoms with van der Waals surface area (Å²) in [5, 5.41) is 15.4. The molecule has 4 aromatic heterocycles. The van der Waals surface area contributed by atoms with Crippen LogP contribution >= 0.6 is 11.6 Å². The van der Waals surface area contributed by atoms with Gasteiger partial charge in [0, 0.05) is 41.4 Å². The molecule has 248 valence electrons. The van der Waals surface area contributed by atoms with E-state index in [1.807, 2.05) is 19.1 Å². The van der Waals surface area contributed by atoms with E-state index in [4.69, 9.17) is 11.6 Å². The number of aryl methyl sites for hydroxylation is 1. The number of hydrogen-bond acceptors (Lipinski definition) is 9. The predicted molar refractivity (Wildman–Crippen MR) is 166 cm³/mol. The molecule has 0 fully saturated rings. The number of halogens is 4. The van der Waals surface area contributed by atoms with Crippen LogP contribution in [0.15, 0.2) is 66.1 Å². The fourth-order valence-corrected chi connectivity index (χ4v) is 5.66. The van der Waals surface area contributed by atoms with Crippen LogP contribution in [-0.2, 0) is 28.0 Å². The standard InChI is InChI=1S/C31H27ClF3N9O4/c1-17-4-3-5-26(23-10-18(8-9-36-23)28-24(39-29(17)46)13-38-42(28)2)43-16-37-22(12-27(43)45)21-11-19(32)6-7-25(21)44-14-20(40-41-44)15-48-30(47)31(33,34)35/h6-14,16-17,26H,3-5,15H2,1-2H3,(H,39,46)/t17-,26+/m1/s1. The van der Waals surface area contributed by atoms with Gasteiger partial charge in [-0.2, -0.15) is 18.3 Å². The maximum absolute atomic E-state index is 13.8. The second-order valence-electron chi connectivity index (χ2n) is 11.2. The molecule has 13 nitrogen and oxygen atoms in total. The molecule has 2 bridgehead atoms. The van der Waals surface area contributed by atoms with Crippen molar-refractivity contribution in [3.05, 3.63) is 88.1 Å². The number of fused-ring (bicyclic) bond motifs is 4. The first-order valence-electron chi connectivity index (χ1n) is 14.7. The van der Waals surface area contributed by atoms with Gasteiger partial charge in [0.15, 0.2) is 0 Å². The van der Waals surface area contributed by atoms with Crippen LogP contribution in [0.4, 0.5) is 18.9 Å². The highest BCUT2D eigenvalue weighted by Crippen LogP contribution is 2.33. The van der Waals surface area contributed by atoms with Gasteiger partial charge >= 0.3 is 12.1 Å². The number of hydrogen-bond donors (Lipinski definition) is 1. The van der Waals surface area contributed by atoms with E-state index in [1.165, 1.54) is 27.8 Å². The van der Waals surface area contributed by atoms with Crippen molar-refractivity contribution < 1.29 is 27.5 Å². The summed E-state index contributed by atoms with van der Waals surface area (Å²) in [6.07, 6.45) is 2.49. The van der Waals surface area contributed by atoms with E-state index in [0.717, 1.165) is 5.56 Å². The van der Waals surface area contributed by atoms with E-state index in [2.05, 4.69) is 35.4 Å². The van der Waals surface area contributed by atoms with Crippen LogP contribution in [0, 0.1) is 5.92 Å². The number of rotatable bonds is 5. The van der Waals surface area contributed by atoms with E-state index >= 15 is 0 Å². The number of ether oxygens (including phenoxy) is 1. The Morgan fingerprint density at radius 1 is 1.12 bits per heavy atom. The number of esters is 1. The number of alkyl halides is 3. The van der Waals surface area contributed by atoms with E-state index < -0.39 is 24.8 Å². The Balaban J connectivity index is 1.35. The summed E-state index contributed by atoms with van der Waals surface area (Å²) in [4.78, 5) is 47.0. The quantitative estimate of drug-likeness (QED) is 0.256. The summed E-state index contributed by atoms with van der Waals surface area (Å²) in [5.41, 5.74) is 3.22. The zero-order valence-electron chi connectivity index (χ0n) is 25.5. The second-order valence-corrected chi connectivity index (χ2v) is 11.7. The number of carbonyl (C=O) groups is 2. The molecule has 1 N–H and O–H groups in total. The van der Waals surface area contributed by atoms with Crippen LogP contribution in [0.25, 0.3) is 28.2 Å². The van der Waals surface area contributed by atoms with Crippen molar-refractivity contribution in [2.45, 2.75) is 45.0 Å². The Labute approximate surface area is 275 Å². The monoisotopic (exact) mass is 681 g/mol. The van der Waals surface area contributed by atoms with Gasteiger partial charge in [-0.15, -0.1) is 5.10 Å². The molecule has 0 saturated heterocycles. The summed E-state index contributed by atoms with van der Waals surface area (Å²) >= 11 is 6.30. The van der Waals surface area contributed by atoms with Gasteiger partial charge in [-0.25, -0.2) is 14.5 Å². The molecule has 1 aliphatic heterocycles. The number of carbonyl (C=O) groups excluding carboxylic acids is 2. The topological polar surface area (TPSA) is 152 Å². The molecule has 0 radical (unpaired) electrons. The minimum absolute atomic E-state index is 0.0424. The van der Waals surface area contributed by atoms with E-state index in [-0.39, 0.29) is 28.8 Å². The number of aromatic nitrogens is 8. The highest BCUT2D eigenvalue weighted by atomic mass is 35.5. The normalized spacial score (nSPS) is 16.8. The van der Waals surface area contributed by atoms with Crippen molar-refractivity contribution in [2.75, 3.05) is 5.32 Å². The maximum atomic E-state index is 13.8. The molecule has 2 atom stereocenters. The molecule has 5 aromatic rings. The number of nitrogens with zero attached hydrogens (tertiary/aromatic N) is 8. The third-order valence-electron chi connectivity index (χ3n) is 7.93. The molecular weight excluding hydrogens is 655 g/mol. The van der Waals surface area contributed by atoms with Crippen LogP contribution in [0.1, 0.15) is 43.6 Å². The first-order valence-corrected chi connectivity index (χ1v) is 15.1. The lowest BCUT2D eigenvalue weighted by Crippen LogP contribution is -2.27. The highest BCUT2D eigenvalue weighted by Gasteiger charge is 2.41. The Morgan fingerprint density at radius 3 is 2.71 bits per heavy atom. The largest absolute Gasteiger partial charge is 0.490 e. The number of pyridine rings is 1. The van der Waals surface area contributed by atoms with Gasteiger partial charge < -0.3 is 10.1 Å². The Morgan fingerprint density at radius 2 is 1.94 bits per heavy atom. The number of anilines is 1. The third-order valence-corrected chi connectivity index (χ3v) is 8.17. The molecule has 0 unspecified atom stereocenters. The zero-order chi connectivity index (χ0) is 34.2. The van der Waals surface area contributed by atoms with Crippen LogP contribution in [0.2, 0.25) is 5.02 Å². The van der Waals surface area contributed by atoms with Gasteiger partial charge in [-0.3, -0.25) is 23.8 Å². The number of benzene rings is 1. The number of amides is 1. The van der Waals surface area contributed by atoms with Crippen molar-refractivity contribution in [1.82, 2.24) is 39.3 Å². The SMILES string of the molecule is C[C@@H]1CCC[C@H](n2cnc(-c3cc(Cl)ccc3-n3cc(COC(=O)C(F)(F)F)nn3)cc2=O)c2cc(ccn2)-c2c(cnn2C)NC1=O. The van der Waals surface area contributed by atoms with Crippen molar-refractivity contribution in [2.24, 2.45) is 13.0 Å². The first-order chi connectivity index (χ1) is 22.9. The van der Waals surface area contributed by atoms with Crippen molar-refractivity contribution in [1.29, 1.82) is 0 Å². The molecule has 0 saturated carbocycles. The van der Waals surface area contributed by atoms with Crippen LogP contribution < -0.4 is 10.9 Å². The Bertz CT molecular complexity index is 2070. The third kappa shape index (κ3) is 6.69. The molecule has 1 amide bonds. The van der Waals surface area contributed by atoms with Gasteiger partial charge in [-0.1, -0.05) is 30.2 Å². The average Bonchev–Trinajstić information content (AvgIpc) is 3.67. The zero-order valence-corrected chi connectivity index (χ0v) is 26.2. The summed E-state index contributed by atoms with van der Waals surface area (Å²) in [6, 6.07) is 9.21. The van der Waals surface area contributed by atoms with Crippen molar-refractivity contribution >= 4 is 29.2 Å². The highest BCUT2D eigenvalue weighted by molar-refractivity contribution is 6.31. The maximum Gasteiger partial charge on any atom is 0.490 e. The molecule has 48 heavy (non-hydrogen) atoms. The predicted octanol–water partition coefficient (Wildman–Crippen LogP) is 4.89. The van der Waals surface area contributed by atoms with Gasteiger partial charge in [0.1, 0.15) is 12.3 Å². The van der Waals surface area contributed by atoms with Gasteiger partial charge in [-0.05, 0) is 43.2 Å². The fraction of sp³-hybridized carbons (Fsp3) is 0.290. The molecule has 6 rings (SSSR count). The van der Waals surface area contributed by atoms with Gasteiger partial charge in [0.05, 0.1) is 53.2 Å². The molecule has 5 heterocycles. The number of nitrogens with one attached hydrogen (secondary N) is 1. The molecule has 1 aromatic carbocycles. The lowest BCUT2D eigenvalue weighted by Gasteiger charge is -2.22. The summed E-state index contributed by atoms with van der Waals surface area (Å²) in [7, 11) is 1.78. The summed E-state index contributed by atoms with van der Waals surface area (Å²) in [6.45, 7) is 1.10. The lowest BCUT2D eigenvalue weighted by molar-refractivity contribution is -0.201. The van der Waals surface area contributed by atoms with E-state index in [9.17, 15) is 27.6 Å². The fourth-order valence-electron chi connectivity index (χ4n) is 5.49. The summed E-state index contributed by atoms with van der Waals surface area (Å²) in [5.74, 6) is -2.77. The minimum Gasteiger partial charge on any atom is -0.452 e. The van der Waals surface area contributed by atoms with Crippen molar-refractivity contribution in [3.8, 4) is 28.2 Å². The smallest absolute Gasteiger partial charge is 0.452 e. The van der Waals surface area contributed by atoms with E-state index in [1.54, 1.807) is 42.3 Å². The van der Waals surface area contributed by atoms with Gasteiger partial charge in [0.25, 0.3) is 5.56 Å². The van der Waals surface area contributed by atoms with Crippen molar-refractivity contribution in [3.63, 3.8) is 0 Å². The average molecular weight is 682 g/mol. The second kappa shape index (κ2) is 13.0. The molecule has 0 aliphatic carbocycles. The van der Waals surface area contributed by atoms with Crippen LogP contribution in [0.3, 0.4) is 0 Å². The Kier molecular flexibility index (Phi) is 8.83. The van der Waals surface area contributed by atoms with Crippen LogP contribution in [0.5, 0.6) is 0 Å². The molecule has 0 spiro atoms. The minimum atomic E-state index is -5.14. The summed E-state index contributed by atoms with van der Waals surface area (Å²) < 4.78 is 46.3. The van der Waals surface area contributed by atoms with Gasteiger partial charge in [0.2, 0.25) is 5.91 Å². The lowest BCUT2D eigenvalue weighted by atomic mass is 9.97.